The zero-order valence-electron chi connectivity index (χ0n) is 13.6. The first kappa shape index (κ1) is 18.4. The number of halogens is 1. The van der Waals surface area contributed by atoms with Gasteiger partial charge in [-0.15, -0.1) is 12.4 Å². The number of carbonyl (C=O) groups excluding carboxylic acids is 1. The Morgan fingerprint density at radius 1 is 1.04 bits per heavy atom. The van der Waals surface area contributed by atoms with Crippen LogP contribution in [0.1, 0.15) is 21.5 Å². The Balaban J connectivity index is 0.00000208. The summed E-state index contributed by atoms with van der Waals surface area (Å²) in [5.41, 5.74) is 8.59. The highest BCUT2D eigenvalue weighted by Gasteiger charge is 2.22. The Kier molecular flexibility index (Phi) is 6.73. The van der Waals surface area contributed by atoms with Crippen LogP contribution in [0, 0.1) is 0 Å². The lowest BCUT2D eigenvalue weighted by Gasteiger charge is -2.34. The molecular formula is C18H23ClN4O. The van der Waals surface area contributed by atoms with Gasteiger partial charge in [0, 0.05) is 57.2 Å². The minimum atomic E-state index is 0. The SMILES string of the molecule is Cl.NCc1ccc(C(=O)N2CCN(Cc3cccnc3)CC2)cc1. The molecule has 1 aliphatic heterocycles. The van der Waals surface area contributed by atoms with Crippen molar-refractivity contribution in [1.82, 2.24) is 14.8 Å². The molecule has 3 rings (SSSR count). The van der Waals surface area contributed by atoms with Gasteiger partial charge in [-0.25, -0.2) is 0 Å². The molecule has 0 spiro atoms. The van der Waals surface area contributed by atoms with Gasteiger partial charge in [-0.2, -0.15) is 0 Å². The van der Waals surface area contributed by atoms with Crippen molar-refractivity contribution in [1.29, 1.82) is 0 Å². The van der Waals surface area contributed by atoms with E-state index in [1.165, 1.54) is 5.56 Å². The number of benzene rings is 1. The number of piperazine rings is 1. The predicted octanol–water partition coefficient (Wildman–Crippen LogP) is 1.92. The highest BCUT2D eigenvalue weighted by atomic mass is 35.5. The van der Waals surface area contributed by atoms with Crippen molar-refractivity contribution >= 4 is 18.3 Å². The van der Waals surface area contributed by atoms with Crippen LogP contribution in [-0.4, -0.2) is 46.9 Å². The van der Waals surface area contributed by atoms with Crippen molar-refractivity contribution in [2.45, 2.75) is 13.1 Å². The van der Waals surface area contributed by atoms with E-state index >= 15 is 0 Å². The molecule has 6 heteroatoms. The third kappa shape index (κ3) is 4.54. The molecule has 2 aromatic rings. The maximum Gasteiger partial charge on any atom is 0.253 e. The Morgan fingerprint density at radius 3 is 2.33 bits per heavy atom. The van der Waals surface area contributed by atoms with Crippen LogP contribution in [0.5, 0.6) is 0 Å². The van der Waals surface area contributed by atoms with Crippen molar-refractivity contribution in [2.75, 3.05) is 26.2 Å². The second kappa shape index (κ2) is 8.78. The molecule has 1 fully saturated rings. The molecule has 0 atom stereocenters. The van der Waals surface area contributed by atoms with E-state index in [9.17, 15) is 4.79 Å². The predicted molar refractivity (Wildman–Crippen MR) is 97.0 cm³/mol. The number of carbonyl (C=O) groups is 1. The molecule has 0 saturated carbocycles. The minimum absolute atomic E-state index is 0. The molecule has 1 amide bonds. The minimum Gasteiger partial charge on any atom is -0.336 e. The largest absolute Gasteiger partial charge is 0.336 e. The van der Waals surface area contributed by atoms with Gasteiger partial charge in [0.25, 0.3) is 5.91 Å². The fraction of sp³-hybridized carbons (Fsp3) is 0.333. The molecular weight excluding hydrogens is 324 g/mol. The molecule has 2 heterocycles. The number of nitrogens with two attached hydrogens (primary N) is 1. The van der Waals surface area contributed by atoms with E-state index in [-0.39, 0.29) is 18.3 Å². The summed E-state index contributed by atoms with van der Waals surface area (Å²) in [4.78, 5) is 21.0. The average Bonchev–Trinajstić information content (AvgIpc) is 2.63. The molecule has 24 heavy (non-hydrogen) atoms. The van der Waals surface area contributed by atoms with E-state index < -0.39 is 0 Å². The standard InChI is InChI=1S/C18H22N4O.ClH/c19-12-15-3-5-17(6-4-15)18(23)22-10-8-21(9-11-22)14-16-2-1-7-20-13-16;/h1-7,13H,8-12,14,19H2;1H. The van der Waals surface area contributed by atoms with Gasteiger partial charge in [0.1, 0.15) is 0 Å². The average molecular weight is 347 g/mol. The maximum absolute atomic E-state index is 12.5. The quantitative estimate of drug-likeness (QED) is 0.918. The molecule has 5 nitrogen and oxygen atoms in total. The van der Waals surface area contributed by atoms with Crippen molar-refractivity contribution in [3.63, 3.8) is 0 Å². The van der Waals surface area contributed by atoms with Gasteiger partial charge in [-0.1, -0.05) is 18.2 Å². The van der Waals surface area contributed by atoms with E-state index in [1.54, 1.807) is 6.20 Å². The van der Waals surface area contributed by atoms with Crippen LogP contribution in [0.15, 0.2) is 48.8 Å². The summed E-state index contributed by atoms with van der Waals surface area (Å²) in [6.07, 6.45) is 3.69. The number of hydrogen-bond acceptors (Lipinski definition) is 4. The second-order valence-corrected chi connectivity index (χ2v) is 5.83. The van der Waals surface area contributed by atoms with Crippen molar-refractivity contribution in [3.05, 3.63) is 65.5 Å². The van der Waals surface area contributed by atoms with Crippen LogP contribution in [0.3, 0.4) is 0 Å². The first-order valence-electron chi connectivity index (χ1n) is 7.96. The number of nitrogens with zero attached hydrogens (tertiary/aromatic N) is 3. The number of amides is 1. The number of aromatic nitrogens is 1. The van der Waals surface area contributed by atoms with E-state index in [1.807, 2.05) is 41.4 Å². The monoisotopic (exact) mass is 346 g/mol. The van der Waals surface area contributed by atoms with E-state index in [0.29, 0.717) is 6.54 Å². The molecule has 128 valence electrons. The number of hydrogen-bond donors (Lipinski definition) is 1. The summed E-state index contributed by atoms with van der Waals surface area (Å²) in [6.45, 7) is 4.70. The van der Waals surface area contributed by atoms with Gasteiger partial charge in [0.2, 0.25) is 0 Å². The van der Waals surface area contributed by atoms with Crippen molar-refractivity contribution in [3.8, 4) is 0 Å². The van der Waals surface area contributed by atoms with E-state index in [0.717, 1.165) is 43.9 Å². The van der Waals surface area contributed by atoms with Gasteiger partial charge in [0.15, 0.2) is 0 Å². The van der Waals surface area contributed by atoms with Gasteiger partial charge < -0.3 is 10.6 Å². The maximum atomic E-state index is 12.5. The summed E-state index contributed by atoms with van der Waals surface area (Å²) >= 11 is 0. The molecule has 0 radical (unpaired) electrons. The van der Waals surface area contributed by atoms with Crippen molar-refractivity contribution in [2.24, 2.45) is 5.73 Å². The van der Waals surface area contributed by atoms with Gasteiger partial charge in [0.05, 0.1) is 0 Å². The number of pyridine rings is 1. The van der Waals surface area contributed by atoms with E-state index in [2.05, 4.69) is 16.0 Å². The third-order valence-corrected chi connectivity index (χ3v) is 4.23. The molecule has 1 aromatic carbocycles. The lowest BCUT2D eigenvalue weighted by Crippen LogP contribution is -2.48. The summed E-state index contributed by atoms with van der Waals surface area (Å²) in [5, 5.41) is 0. The van der Waals surface area contributed by atoms with Crippen LogP contribution in [0.2, 0.25) is 0 Å². The molecule has 1 aromatic heterocycles. The normalized spacial score (nSPS) is 15.0. The molecule has 2 N–H and O–H groups in total. The first-order chi connectivity index (χ1) is 11.3. The first-order valence-corrected chi connectivity index (χ1v) is 7.96. The summed E-state index contributed by atoms with van der Waals surface area (Å²) < 4.78 is 0. The van der Waals surface area contributed by atoms with Crippen LogP contribution in [0.4, 0.5) is 0 Å². The van der Waals surface area contributed by atoms with Crippen LogP contribution >= 0.6 is 12.4 Å². The van der Waals surface area contributed by atoms with Crippen LogP contribution in [-0.2, 0) is 13.1 Å². The summed E-state index contributed by atoms with van der Waals surface area (Å²) in [5.74, 6) is 0.106. The highest BCUT2D eigenvalue weighted by Crippen LogP contribution is 2.12. The smallest absolute Gasteiger partial charge is 0.253 e. The highest BCUT2D eigenvalue weighted by molar-refractivity contribution is 5.94. The van der Waals surface area contributed by atoms with Crippen LogP contribution < -0.4 is 5.73 Å². The number of rotatable bonds is 4. The lowest BCUT2D eigenvalue weighted by atomic mass is 10.1. The van der Waals surface area contributed by atoms with Crippen molar-refractivity contribution < 1.29 is 4.79 Å². The fourth-order valence-electron chi connectivity index (χ4n) is 2.82. The Morgan fingerprint density at radius 2 is 1.75 bits per heavy atom. The molecule has 0 unspecified atom stereocenters. The second-order valence-electron chi connectivity index (χ2n) is 5.83. The lowest BCUT2D eigenvalue weighted by molar-refractivity contribution is 0.0628. The summed E-state index contributed by atoms with van der Waals surface area (Å²) in [7, 11) is 0. The summed E-state index contributed by atoms with van der Waals surface area (Å²) in [6, 6.07) is 11.6. The fourth-order valence-corrected chi connectivity index (χ4v) is 2.82. The Bertz CT molecular complexity index is 640. The van der Waals surface area contributed by atoms with Gasteiger partial charge in [-0.05, 0) is 29.3 Å². The van der Waals surface area contributed by atoms with E-state index in [4.69, 9.17) is 5.73 Å². The molecule has 1 aliphatic rings. The van der Waals surface area contributed by atoms with Gasteiger partial charge >= 0.3 is 0 Å². The third-order valence-electron chi connectivity index (χ3n) is 4.23. The van der Waals surface area contributed by atoms with Crippen LogP contribution in [0.25, 0.3) is 0 Å². The zero-order valence-corrected chi connectivity index (χ0v) is 14.4. The zero-order chi connectivity index (χ0) is 16.1. The Hall–Kier alpha value is -1.95. The molecule has 0 aliphatic carbocycles. The molecule has 0 bridgehead atoms. The molecule has 1 saturated heterocycles. The topological polar surface area (TPSA) is 62.5 Å². The Labute approximate surface area is 148 Å². The van der Waals surface area contributed by atoms with Gasteiger partial charge in [-0.3, -0.25) is 14.7 Å².